The number of nitriles is 2. The Morgan fingerprint density at radius 2 is 2.08 bits per heavy atom. The molecule has 0 aliphatic rings. The maximum atomic E-state index is 9.06. The van der Waals surface area contributed by atoms with Gasteiger partial charge in [-0.05, 0) is 18.6 Å². The van der Waals surface area contributed by atoms with Crippen molar-refractivity contribution >= 4 is 11.8 Å². The number of hydrogen-bond donors (Lipinski definition) is 0. The van der Waals surface area contributed by atoms with Crippen molar-refractivity contribution in [2.75, 3.05) is 20.0 Å². The summed E-state index contributed by atoms with van der Waals surface area (Å²) in [6.07, 6.45) is 0.893. The highest BCUT2D eigenvalue weighted by Crippen LogP contribution is 2.34. The maximum absolute atomic E-state index is 9.06. The molecule has 0 radical (unpaired) electrons. The van der Waals surface area contributed by atoms with Crippen LogP contribution in [0.5, 0.6) is 11.5 Å². The predicted octanol–water partition coefficient (Wildman–Crippen LogP) is 3.29. The lowest BCUT2D eigenvalue weighted by Crippen LogP contribution is -2.00. The van der Waals surface area contributed by atoms with Gasteiger partial charge in [-0.3, -0.25) is 0 Å². The van der Waals surface area contributed by atoms with Crippen LogP contribution in [-0.4, -0.2) is 30.2 Å². The molecule has 0 aliphatic heterocycles. The number of ether oxygens (including phenoxy) is 2. The summed E-state index contributed by atoms with van der Waals surface area (Å²) in [4.78, 5) is 0. The molecule has 0 saturated carbocycles. The number of rotatable bonds is 8. The van der Waals surface area contributed by atoms with Gasteiger partial charge in [-0.15, -0.1) is 10.2 Å². The third-order valence-corrected chi connectivity index (χ3v) is 4.22. The molecule has 0 aliphatic carbocycles. The highest BCUT2D eigenvalue weighted by atomic mass is 32.2. The van der Waals surface area contributed by atoms with Gasteiger partial charge in [-0.1, -0.05) is 11.8 Å². The van der Waals surface area contributed by atoms with Crippen LogP contribution in [0.25, 0.3) is 11.5 Å². The van der Waals surface area contributed by atoms with Gasteiger partial charge in [0, 0.05) is 18.2 Å². The van der Waals surface area contributed by atoms with Gasteiger partial charge in [0.1, 0.15) is 11.5 Å². The molecule has 1 unspecified atom stereocenters. The molecule has 1 aromatic carbocycles. The summed E-state index contributed by atoms with van der Waals surface area (Å²) >= 11 is 1.30. The lowest BCUT2D eigenvalue weighted by atomic mass is 10.1. The normalized spacial score (nSPS) is 11.3. The quantitative estimate of drug-likeness (QED) is 0.672. The third-order valence-electron chi connectivity index (χ3n) is 3.24. The fraction of sp³-hybridized carbons (Fsp3) is 0.375. The molecule has 8 heteroatoms. The zero-order valence-corrected chi connectivity index (χ0v) is 14.2. The summed E-state index contributed by atoms with van der Waals surface area (Å²) in [5, 5.41) is 26.0. The predicted molar refractivity (Wildman–Crippen MR) is 87.5 cm³/mol. The zero-order valence-electron chi connectivity index (χ0n) is 13.4. The molecular weight excluding hydrogens is 328 g/mol. The van der Waals surface area contributed by atoms with Gasteiger partial charge in [0.25, 0.3) is 11.1 Å². The molecule has 2 rings (SSSR count). The van der Waals surface area contributed by atoms with E-state index < -0.39 is 0 Å². The van der Waals surface area contributed by atoms with Crippen LogP contribution in [-0.2, 0) is 0 Å². The molecule has 0 bridgehead atoms. The Kier molecular flexibility index (Phi) is 6.47. The van der Waals surface area contributed by atoms with Crippen LogP contribution in [0, 0.1) is 28.6 Å². The van der Waals surface area contributed by atoms with E-state index in [0.29, 0.717) is 46.8 Å². The van der Waals surface area contributed by atoms with Crippen LogP contribution in [0.2, 0.25) is 0 Å². The second-order valence-electron chi connectivity index (χ2n) is 4.77. The van der Waals surface area contributed by atoms with Gasteiger partial charge in [-0.25, -0.2) is 0 Å². The first-order valence-electron chi connectivity index (χ1n) is 7.17. The van der Waals surface area contributed by atoms with Gasteiger partial charge in [-0.2, -0.15) is 10.5 Å². The Morgan fingerprint density at radius 1 is 1.25 bits per heavy atom. The average Bonchev–Trinajstić information content (AvgIpc) is 3.10. The van der Waals surface area contributed by atoms with Crippen molar-refractivity contribution < 1.29 is 13.9 Å². The minimum Gasteiger partial charge on any atom is -0.497 e. The lowest BCUT2D eigenvalue weighted by molar-refractivity contribution is 0.393. The first-order chi connectivity index (χ1) is 11.7. The highest BCUT2D eigenvalue weighted by Gasteiger charge is 2.16. The lowest BCUT2D eigenvalue weighted by Gasteiger charge is -2.07. The molecule has 7 nitrogen and oxygen atoms in total. The van der Waals surface area contributed by atoms with E-state index in [0.717, 1.165) is 0 Å². The van der Waals surface area contributed by atoms with Gasteiger partial charge >= 0.3 is 0 Å². The number of aromatic nitrogens is 2. The highest BCUT2D eigenvalue weighted by molar-refractivity contribution is 7.99. The molecule has 124 valence electrons. The first-order valence-corrected chi connectivity index (χ1v) is 8.15. The van der Waals surface area contributed by atoms with E-state index >= 15 is 0 Å². The van der Waals surface area contributed by atoms with Crippen LogP contribution < -0.4 is 9.47 Å². The van der Waals surface area contributed by atoms with E-state index in [1.807, 2.05) is 6.07 Å². The minimum atomic E-state index is -0.222. The topological polar surface area (TPSA) is 105 Å². The van der Waals surface area contributed by atoms with Gasteiger partial charge in [0.15, 0.2) is 0 Å². The van der Waals surface area contributed by atoms with Crippen molar-refractivity contribution in [3.63, 3.8) is 0 Å². The summed E-state index contributed by atoms with van der Waals surface area (Å²) in [7, 11) is 3.13. The largest absolute Gasteiger partial charge is 0.497 e. The van der Waals surface area contributed by atoms with Crippen molar-refractivity contribution in [2.24, 2.45) is 5.92 Å². The summed E-state index contributed by atoms with van der Waals surface area (Å²) < 4.78 is 16.1. The Balaban J connectivity index is 2.08. The van der Waals surface area contributed by atoms with Crippen molar-refractivity contribution in [1.82, 2.24) is 10.2 Å². The Bertz CT molecular complexity index is 763. The molecule has 0 amide bonds. The van der Waals surface area contributed by atoms with Crippen molar-refractivity contribution in [3.05, 3.63) is 18.2 Å². The van der Waals surface area contributed by atoms with Crippen LogP contribution in [0.1, 0.15) is 12.8 Å². The molecule has 24 heavy (non-hydrogen) atoms. The molecule has 0 N–H and O–H groups in total. The second-order valence-corrected chi connectivity index (χ2v) is 5.74. The number of hydrogen-bond acceptors (Lipinski definition) is 8. The van der Waals surface area contributed by atoms with Crippen LogP contribution in [0.3, 0.4) is 0 Å². The van der Waals surface area contributed by atoms with Crippen molar-refractivity contribution in [3.8, 4) is 35.1 Å². The molecular formula is C16H16N4O3S. The number of thioether (sulfide) groups is 1. The number of benzene rings is 1. The molecule has 0 fully saturated rings. The van der Waals surface area contributed by atoms with E-state index in [-0.39, 0.29) is 5.92 Å². The Labute approximate surface area is 144 Å². The fourth-order valence-corrected chi connectivity index (χ4v) is 2.77. The van der Waals surface area contributed by atoms with Crippen LogP contribution in [0.4, 0.5) is 0 Å². The summed E-state index contributed by atoms with van der Waals surface area (Å²) in [6.45, 7) is 0. The monoisotopic (exact) mass is 344 g/mol. The van der Waals surface area contributed by atoms with Crippen LogP contribution in [0.15, 0.2) is 27.8 Å². The van der Waals surface area contributed by atoms with E-state index in [1.54, 1.807) is 32.4 Å². The standard InChI is InChI=1S/C16H16N4O3S/c1-21-12-5-6-13(14(8-12)22-2)15-19-20-16(23-15)24-10-11(9-18)4-3-7-17/h5-6,8,11H,3-4,10H2,1-2H3. The Hall–Kier alpha value is -2.71. The van der Waals surface area contributed by atoms with E-state index in [4.69, 9.17) is 24.4 Å². The molecule has 1 heterocycles. The number of methoxy groups -OCH3 is 2. The molecule has 0 saturated heterocycles. The van der Waals surface area contributed by atoms with Gasteiger partial charge in [0.05, 0.1) is 37.8 Å². The van der Waals surface area contributed by atoms with E-state index in [1.165, 1.54) is 11.8 Å². The zero-order chi connectivity index (χ0) is 17.4. The smallest absolute Gasteiger partial charge is 0.276 e. The second kappa shape index (κ2) is 8.80. The molecule has 1 aromatic heterocycles. The van der Waals surface area contributed by atoms with Gasteiger partial charge < -0.3 is 13.9 Å². The first kappa shape index (κ1) is 17.6. The number of nitrogens with zero attached hydrogens (tertiary/aromatic N) is 4. The van der Waals surface area contributed by atoms with Gasteiger partial charge in [0.2, 0.25) is 0 Å². The summed E-state index contributed by atoms with van der Waals surface area (Å²) in [5.41, 5.74) is 0.666. The average molecular weight is 344 g/mol. The van der Waals surface area contributed by atoms with E-state index in [9.17, 15) is 0 Å². The maximum Gasteiger partial charge on any atom is 0.276 e. The molecule has 0 spiro atoms. The minimum absolute atomic E-state index is 0.222. The summed E-state index contributed by atoms with van der Waals surface area (Å²) in [6, 6.07) is 9.52. The van der Waals surface area contributed by atoms with Crippen LogP contribution >= 0.6 is 11.8 Å². The van der Waals surface area contributed by atoms with Crippen molar-refractivity contribution in [2.45, 2.75) is 18.1 Å². The SMILES string of the molecule is COc1ccc(-c2nnc(SCC(C#N)CCC#N)o2)c(OC)c1. The molecule has 2 aromatic rings. The van der Waals surface area contributed by atoms with E-state index in [2.05, 4.69) is 16.3 Å². The Morgan fingerprint density at radius 3 is 2.75 bits per heavy atom. The van der Waals surface area contributed by atoms with Crippen molar-refractivity contribution in [1.29, 1.82) is 10.5 Å². The summed E-state index contributed by atoms with van der Waals surface area (Å²) in [5.74, 6) is 1.85. The fourth-order valence-electron chi connectivity index (χ4n) is 1.95. The third kappa shape index (κ3) is 4.40. The molecule has 1 atom stereocenters.